The van der Waals surface area contributed by atoms with Gasteiger partial charge in [0.05, 0.1) is 13.5 Å². The Balaban J connectivity index is 2.84. The van der Waals surface area contributed by atoms with Gasteiger partial charge in [-0.1, -0.05) is 12.1 Å². The minimum atomic E-state index is -0.307. The lowest BCUT2D eigenvalue weighted by Gasteiger charge is -2.04. The summed E-state index contributed by atoms with van der Waals surface area (Å²) in [5.41, 5.74) is 6.82. The second kappa shape index (κ2) is 4.62. The van der Waals surface area contributed by atoms with Crippen molar-refractivity contribution in [2.45, 2.75) is 13.0 Å². The molecule has 0 unspecified atom stereocenters. The molecular weight excluding hydrogens is 182 g/mol. The molecule has 0 saturated heterocycles. The quantitative estimate of drug-likeness (QED) is 0.691. The minimum absolute atomic E-state index is 0.154. The maximum Gasteiger partial charge on any atom is 0.309 e. The van der Waals surface area contributed by atoms with Gasteiger partial charge in [-0.05, 0) is 11.6 Å². The van der Waals surface area contributed by atoms with Gasteiger partial charge >= 0.3 is 5.97 Å². The largest absolute Gasteiger partial charge is 0.508 e. The van der Waals surface area contributed by atoms with Crippen molar-refractivity contribution in [3.8, 4) is 5.75 Å². The molecule has 1 rings (SSSR count). The fraction of sp³-hybridized carbons (Fsp3) is 0.300. The van der Waals surface area contributed by atoms with E-state index in [1.807, 2.05) is 0 Å². The van der Waals surface area contributed by atoms with Crippen molar-refractivity contribution in [3.63, 3.8) is 0 Å². The van der Waals surface area contributed by atoms with Crippen LogP contribution in [0, 0.1) is 0 Å². The maximum absolute atomic E-state index is 10.9. The summed E-state index contributed by atoms with van der Waals surface area (Å²) in [5, 5.41) is 9.33. The summed E-state index contributed by atoms with van der Waals surface area (Å²) in [4.78, 5) is 10.9. The summed E-state index contributed by atoms with van der Waals surface area (Å²) in [6, 6.07) is 4.90. The van der Waals surface area contributed by atoms with Crippen molar-refractivity contribution in [2.24, 2.45) is 5.73 Å². The molecule has 76 valence electrons. The van der Waals surface area contributed by atoms with Crippen LogP contribution in [-0.2, 0) is 22.5 Å². The highest BCUT2D eigenvalue weighted by Crippen LogP contribution is 2.18. The predicted octanol–water partition coefficient (Wildman–Crippen LogP) is 0.566. The normalized spacial score (nSPS) is 9.86. The van der Waals surface area contributed by atoms with Gasteiger partial charge in [-0.3, -0.25) is 4.79 Å². The van der Waals surface area contributed by atoms with Gasteiger partial charge < -0.3 is 15.6 Å². The number of methoxy groups -OCH3 is 1. The van der Waals surface area contributed by atoms with Crippen LogP contribution in [-0.4, -0.2) is 18.2 Å². The molecule has 1 aromatic rings. The number of benzene rings is 1. The number of carbonyl (C=O) groups is 1. The number of carbonyl (C=O) groups excluding carboxylic acids is 1. The molecule has 0 aromatic heterocycles. The molecule has 0 aliphatic heterocycles. The third-order valence-electron chi connectivity index (χ3n) is 1.94. The molecule has 0 aliphatic carbocycles. The van der Waals surface area contributed by atoms with Gasteiger partial charge in [-0.2, -0.15) is 0 Å². The number of rotatable bonds is 3. The van der Waals surface area contributed by atoms with Gasteiger partial charge in [0.15, 0.2) is 0 Å². The van der Waals surface area contributed by atoms with E-state index in [1.165, 1.54) is 13.2 Å². The van der Waals surface area contributed by atoms with Crippen molar-refractivity contribution in [1.29, 1.82) is 0 Å². The Labute approximate surface area is 82.3 Å². The van der Waals surface area contributed by atoms with Crippen LogP contribution in [0.15, 0.2) is 18.2 Å². The van der Waals surface area contributed by atoms with Gasteiger partial charge in [-0.15, -0.1) is 0 Å². The van der Waals surface area contributed by atoms with E-state index in [4.69, 9.17) is 5.73 Å². The number of hydrogen-bond acceptors (Lipinski definition) is 4. The minimum Gasteiger partial charge on any atom is -0.508 e. The number of nitrogens with two attached hydrogens (primary N) is 1. The average Bonchev–Trinajstić information content (AvgIpc) is 2.20. The van der Waals surface area contributed by atoms with Crippen molar-refractivity contribution < 1.29 is 14.6 Å². The molecule has 0 atom stereocenters. The molecule has 4 heteroatoms. The lowest BCUT2D eigenvalue weighted by molar-refractivity contribution is -0.139. The van der Waals surface area contributed by atoms with Gasteiger partial charge in [-0.25, -0.2) is 0 Å². The van der Waals surface area contributed by atoms with E-state index in [0.29, 0.717) is 5.56 Å². The molecule has 0 heterocycles. The zero-order valence-corrected chi connectivity index (χ0v) is 7.99. The summed E-state index contributed by atoms with van der Waals surface area (Å²) in [6.07, 6.45) is 0.198. The van der Waals surface area contributed by atoms with E-state index in [-0.39, 0.29) is 24.7 Å². The Morgan fingerprint density at radius 3 is 2.86 bits per heavy atom. The van der Waals surface area contributed by atoms with Gasteiger partial charge in [0.25, 0.3) is 0 Å². The number of hydrogen-bond donors (Lipinski definition) is 2. The van der Waals surface area contributed by atoms with Gasteiger partial charge in [0.2, 0.25) is 0 Å². The molecular formula is C10H13NO3. The Morgan fingerprint density at radius 2 is 2.29 bits per heavy atom. The fourth-order valence-corrected chi connectivity index (χ4v) is 1.15. The van der Waals surface area contributed by atoms with Crippen LogP contribution in [0.3, 0.4) is 0 Å². The van der Waals surface area contributed by atoms with Crippen LogP contribution < -0.4 is 5.73 Å². The molecule has 0 amide bonds. The zero-order valence-electron chi connectivity index (χ0n) is 7.99. The van der Waals surface area contributed by atoms with E-state index in [9.17, 15) is 9.90 Å². The fourth-order valence-electron chi connectivity index (χ4n) is 1.15. The van der Waals surface area contributed by atoms with Crippen molar-refractivity contribution in [2.75, 3.05) is 7.11 Å². The Bertz CT molecular complexity index is 336. The first-order chi connectivity index (χ1) is 6.67. The highest BCUT2D eigenvalue weighted by molar-refractivity contribution is 5.72. The van der Waals surface area contributed by atoms with E-state index in [1.54, 1.807) is 12.1 Å². The van der Waals surface area contributed by atoms with E-state index in [0.717, 1.165) is 5.56 Å². The number of esters is 1. The van der Waals surface area contributed by atoms with E-state index >= 15 is 0 Å². The first-order valence-electron chi connectivity index (χ1n) is 4.25. The number of ether oxygens (including phenoxy) is 1. The van der Waals surface area contributed by atoms with Crippen LogP contribution in [0.5, 0.6) is 5.75 Å². The molecule has 1 aromatic carbocycles. The third-order valence-corrected chi connectivity index (χ3v) is 1.94. The van der Waals surface area contributed by atoms with Crippen molar-refractivity contribution in [1.82, 2.24) is 0 Å². The third kappa shape index (κ3) is 2.47. The van der Waals surface area contributed by atoms with E-state index in [2.05, 4.69) is 4.74 Å². The molecule has 0 bridgehead atoms. The standard InChI is InChI=1S/C10H13NO3/c1-14-10(13)5-7-2-3-9(12)8(4-7)6-11/h2-4,12H,5-6,11H2,1H3. The topological polar surface area (TPSA) is 72.5 Å². The molecule has 0 radical (unpaired) electrons. The number of phenols is 1. The summed E-state index contributed by atoms with van der Waals surface area (Å²) in [7, 11) is 1.34. The highest BCUT2D eigenvalue weighted by atomic mass is 16.5. The van der Waals surface area contributed by atoms with Crippen molar-refractivity contribution in [3.05, 3.63) is 29.3 Å². The molecule has 3 N–H and O–H groups in total. The van der Waals surface area contributed by atoms with Crippen LogP contribution in [0.2, 0.25) is 0 Å². The molecule has 0 fully saturated rings. The highest BCUT2D eigenvalue weighted by Gasteiger charge is 2.05. The molecule has 0 saturated carbocycles. The first kappa shape index (κ1) is 10.5. The Hall–Kier alpha value is -1.55. The van der Waals surface area contributed by atoms with Crippen molar-refractivity contribution >= 4 is 5.97 Å². The molecule has 4 nitrogen and oxygen atoms in total. The monoisotopic (exact) mass is 195 g/mol. The number of phenolic OH excluding ortho intramolecular Hbond substituents is 1. The predicted molar refractivity (Wildman–Crippen MR) is 51.7 cm³/mol. The average molecular weight is 195 g/mol. The van der Waals surface area contributed by atoms with Crippen LogP contribution in [0.25, 0.3) is 0 Å². The molecule has 14 heavy (non-hydrogen) atoms. The lowest BCUT2D eigenvalue weighted by atomic mass is 10.1. The van der Waals surface area contributed by atoms with Crippen LogP contribution in [0.4, 0.5) is 0 Å². The Morgan fingerprint density at radius 1 is 1.57 bits per heavy atom. The SMILES string of the molecule is COC(=O)Cc1ccc(O)c(CN)c1. The van der Waals surface area contributed by atoms with Gasteiger partial charge in [0, 0.05) is 12.1 Å². The zero-order chi connectivity index (χ0) is 10.6. The second-order valence-corrected chi connectivity index (χ2v) is 2.92. The summed E-state index contributed by atoms with van der Waals surface area (Å²) in [6.45, 7) is 0.251. The lowest BCUT2D eigenvalue weighted by Crippen LogP contribution is -2.05. The summed E-state index contributed by atoms with van der Waals surface area (Å²) in [5.74, 6) is -0.153. The maximum atomic E-state index is 10.9. The molecule has 0 aliphatic rings. The van der Waals surface area contributed by atoms with Gasteiger partial charge in [0.1, 0.15) is 5.75 Å². The first-order valence-corrected chi connectivity index (χ1v) is 4.25. The van der Waals surface area contributed by atoms with Crippen LogP contribution >= 0.6 is 0 Å². The van der Waals surface area contributed by atoms with Crippen LogP contribution in [0.1, 0.15) is 11.1 Å². The summed E-state index contributed by atoms with van der Waals surface area (Å²) >= 11 is 0. The summed E-state index contributed by atoms with van der Waals surface area (Å²) < 4.78 is 4.53. The smallest absolute Gasteiger partial charge is 0.309 e. The number of aromatic hydroxyl groups is 1. The van der Waals surface area contributed by atoms with E-state index < -0.39 is 0 Å². The Kier molecular flexibility index (Phi) is 3.48. The molecule has 0 spiro atoms. The second-order valence-electron chi connectivity index (χ2n) is 2.92.